The molecular formula is C28H48N4O5. The summed E-state index contributed by atoms with van der Waals surface area (Å²) in [6.45, 7) is 17.6. The molecule has 1 aromatic rings. The third-order valence-corrected chi connectivity index (χ3v) is 5.31. The minimum Gasteiger partial charge on any atom is -0.354 e. The fraction of sp³-hybridized carbons (Fsp3) is 0.679. The molecule has 2 atom stereocenters. The molecule has 4 N–H and O–H groups in total. The zero-order valence-corrected chi connectivity index (χ0v) is 23.9. The summed E-state index contributed by atoms with van der Waals surface area (Å²) in [5.41, 5.74) is 6.49. The lowest BCUT2D eigenvalue weighted by atomic mass is 10.1. The lowest BCUT2D eigenvalue weighted by molar-refractivity contribution is -0.140. The predicted octanol–water partition coefficient (Wildman–Crippen LogP) is 3.74. The Morgan fingerprint density at radius 2 is 1.24 bits per heavy atom. The van der Waals surface area contributed by atoms with Crippen LogP contribution in [0.1, 0.15) is 84.2 Å². The largest absolute Gasteiger partial charge is 0.354 e. The van der Waals surface area contributed by atoms with Gasteiger partial charge in [-0.05, 0) is 54.2 Å². The van der Waals surface area contributed by atoms with Crippen LogP contribution >= 0.6 is 0 Å². The Morgan fingerprint density at radius 3 is 1.73 bits per heavy atom. The quantitative estimate of drug-likeness (QED) is 0.233. The van der Waals surface area contributed by atoms with Crippen LogP contribution in [0.25, 0.3) is 0 Å². The highest BCUT2D eigenvalue weighted by molar-refractivity contribution is 5.93. The monoisotopic (exact) mass is 520 g/mol. The molecule has 37 heavy (non-hydrogen) atoms. The van der Waals surface area contributed by atoms with Crippen LogP contribution in [0.4, 0.5) is 0 Å². The van der Waals surface area contributed by atoms with E-state index in [0.717, 1.165) is 5.56 Å². The van der Waals surface area contributed by atoms with E-state index in [1.54, 1.807) is 18.2 Å². The Morgan fingerprint density at radius 1 is 0.730 bits per heavy atom. The van der Waals surface area contributed by atoms with Crippen LogP contribution in [0.2, 0.25) is 0 Å². The van der Waals surface area contributed by atoms with Crippen molar-refractivity contribution in [2.45, 2.75) is 87.0 Å². The summed E-state index contributed by atoms with van der Waals surface area (Å²) in [5, 5.41) is 5.78. The number of amides is 3. The fourth-order valence-electron chi connectivity index (χ4n) is 3.34. The van der Waals surface area contributed by atoms with E-state index in [2.05, 4.69) is 21.6 Å². The number of carbonyl (C=O) groups is 3. The van der Waals surface area contributed by atoms with Gasteiger partial charge >= 0.3 is 0 Å². The second-order valence-corrected chi connectivity index (χ2v) is 11.2. The molecule has 0 saturated heterocycles. The van der Waals surface area contributed by atoms with E-state index in [4.69, 9.17) is 9.68 Å². The van der Waals surface area contributed by atoms with E-state index in [0.29, 0.717) is 49.9 Å². The van der Waals surface area contributed by atoms with Gasteiger partial charge in [-0.15, -0.1) is 0 Å². The minimum absolute atomic E-state index is 0.145. The zero-order chi connectivity index (χ0) is 28.0. The molecule has 9 nitrogen and oxygen atoms in total. The van der Waals surface area contributed by atoms with Gasteiger partial charge in [-0.2, -0.15) is 5.48 Å². The molecule has 0 spiro atoms. The number of rotatable bonds is 17. The molecule has 0 bridgehead atoms. The summed E-state index contributed by atoms with van der Waals surface area (Å²) in [6.07, 6.45) is -0.327. The third-order valence-electron chi connectivity index (χ3n) is 5.31. The number of carbonyl (C=O) groups excluding carboxylic acids is 3. The van der Waals surface area contributed by atoms with Gasteiger partial charge < -0.3 is 10.6 Å². The van der Waals surface area contributed by atoms with E-state index in [1.807, 2.05) is 61.5 Å². The van der Waals surface area contributed by atoms with Gasteiger partial charge in [-0.1, -0.05) is 67.5 Å². The normalized spacial score (nSPS) is 13.2. The first-order valence-corrected chi connectivity index (χ1v) is 13.4. The molecular weight excluding hydrogens is 472 g/mol. The maximum atomic E-state index is 12.7. The van der Waals surface area contributed by atoms with Crippen molar-refractivity contribution in [1.82, 2.24) is 21.6 Å². The third kappa shape index (κ3) is 14.1. The maximum Gasteiger partial charge on any atom is 0.274 e. The first-order valence-electron chi connectivity index (χ1n) is 13.4. The Bertz CT molecular complexity index is 842. The van der Waals surface area contributed by atoms with E-state index in [9.17, 15) is 14.4 Å². The topological polar surface area (TPSA) is 118 Å². The molecule has 9 heteroatoms. The van der Waals surface area contributed by atoms with E-state index in [1.165, 1.54) is 0 Å². The number of nitrogens with one attached hydrogen (secondary N) is 4. The predicted molar refractivity (Wildman–Crippen MR) is 145 cm³/mol. The summed E-state index contributed by atoms with van der Waals surface area (Å²) in [6, 6.07) is 6.99. The van der Waals surface area contributed by atoms with Crippen molar-refractivity contribution >= 4 is 17.7 Å². The summed E-state index contributed by atoms with van der Waals surface area (Å²) in [5.74, 6) is 0.334. The van der Waals surface area contributed by atoms with Crippen molar-refractivity contribution in [1.29, 1.82) is 0 Å². The van der Waals surface area contributed by atoms with Crippen molar-refractivity contribution in [3.8, 4) is 0 Å². The van der Waals surface area contributed by atoms with E-state index in [-0.39, 0.29) is 23.7 Å². The first kappa shape index (κ1) is 32.5. The fourth-order valence-corrected chi connectivity index (χ4v) is 3.34. The van der Waals surface area contributed by atoms with Gasteiger partial charge in [-0.25, -0.2) is 5.48 Å². The molecule has 0 fully saturated rings. The van der Waals surface area contributed by atoms with Crippen molar-refractivity contribution in [2.75, 3.05) is 13.1 Å². The van der Waals surface area contributed by atoms with Crippen LogP contribution in [-0.4, -0.2) is 43.0 Å². The van der Waals surface area contributed by atoms with Gasteiger partial charge in [0.1, 0.15) is 0 Å². The zero-order valence-electron chi connectivity index (χ0n) is 23.9. The average Bonchev–Trinajstić information content (AvgIpc) is 2.82. The highest BCUT2D eigenvalue weighted by Crippen LogP contribution is 2.11. The minimum atomic E-state index is -0.777. The first-order chi connectivity index (χ1) is 17.4. The van der Waals surface area contributed by atoms with E-state index >= 15 is 0 Å². The molecule has 0 radical (unpaired) electrons. The van der Waals surface area contributed by atoms with Crippen LogP contribution in [0.15, 0.2) is 24.3 Å². The maximum absolute atomic E-state index is 12.7. The molecule has 0 aromatic heterocycles. The van der Waals surface area contributed by atoms with Crippen LogP contribution in [0.3, 0.4) is 0 Å². The molecule has 0 unspecified atom stereocenters. The molecule has 0 aliphatic carbocycles. The van der Waals surface area contributed by atoms with Gasteiger partial charge in [0.05, 0.1) is 0 Å². The number of hydrogen-bond acceptors (Lipinski definition) is 6. The number of hydrogen-bond donors (Lipinski definition) is 4. The summed E-state index contributed by atoms with van der Waals surface area (Å²) in [4.78, 5) is 49.0. The lowest BCUT2D eigenvalue weighted by Gasteiger charge is -2.20. The van der Waals surface area contributed by atoms with Crippen molar-refractivity contribution in [2.24, 2.45) is 23.7 Å². The Kier molecular flexibility index (Phi) is 15.0. The molecule has 0 saturated carbocycles. The average molecular weight is 521 g/mol. The standard InChI is InChI=1S/C28H48N4O5/c1-18(2)12-24(27(34)29-15-20(5)6)36-31-17-22-10-9-11-23(14-22)26(33)32-37-25(13-19(3)4)28(35)30-16-21(7)8/h9-11,14,18-21,24-25,31H,12-13,15-17H2,1-8H3,(H,29,34)(H,30,35)(H,32,33)/t24-,25-/m1/s1. The van der Waals surface area contributed by atoms with Crippen LogP contribution in [0.5, 0.6) is 0 Å². The lowest BCUT2D eigenvalue weighted by Crippen LogP contribution is -2.42. The van der Waals surface area contributed by atoms with Crippen LogP contribution < -0.4 is 21.6 Å². The second-order valence-electron chi connectivity index (χ2n) is 11.2. The molecule has 0 aliphatic rings. The number of hydroxylamine groups is 2. The smallest absolute Gasteiger partial charge is 0.274 e. The van der Waals surface area contributed by atoms with E-state index < -0.39 is 18.1 Å². The van der Waals surface area contributed by atoms with Crippen LogP contribution in [0, 0.1) is 23.7 Å². The van der Waals surface area contributed by atoms with Gasteiger partial charge in [0.25, 0.3) is 17.7 Å². The molecule has 3 amide bonds. The summed E-state index contributed by atoms with van der Waals surface area (Å²) in [7, 11) is 0. The Labute approximate surface area is 222 Å². The molecule has 1 aromatic carbocycles. The highest BCUT2D eigenvalue weighted by Gasteiger charge is 2.23. The van der Waals surface area contributed by atoms with Crippen molar-refractivity contribution in [3.05, 3.63) is 35.4 Å². The SMILES string of the molecule is CC(C)CNC(=O)[C@@H](CC(C)C)ONCc1cccc(C(=O)NO[C@H](CC(C)C)C(=O)NCC(C)C)c1. The molecule has 1 rings (SSSR count). The molecule has 0 aliphatic heterocycles. The van der Waals surface area contributed by atoms with Gasteiger partial charge in [-0.3, -0.25) is 24.1 Å². The van der Waals surface area contributed by atoms with Crippen LogP contribution in [-0.2, 0) is 25.8 Å². The number of benzene rings is 1. The molecule has 210 valence electrons. The van der Waals surface area contributed by atoms with Gasteiger partial charge in [0.15, 0.2) is 12.2 Å². The van der Waals surface area contributed by atoms with Crippen molar-refractivity contribution < 1.29 is 24.1 Å². The highest BCUT2D eigenvalue weighted by atomic mass is 16.7. The summed E-state index contributed by atoms with van der Waals surface area (Å²) >= 11 is 0. The van der Waals surface area contributed by atoms with Gasteiger partial charge in [0, 0.05) is 25.2 Å². The second kappa shape index (κ2) is 17.1. The van der Waals surface area contributed by atoms with Crippen molar-refractivity contribution in [3.63, 3.8) is 0 Å². The molecule has 0 heterocycles. The van der Waals surface area contributed by atoms with Gasteiger partial charge in [0.2, 0.25) is 0 Å². The Hall–Kier alpha value is -2.49. The summed E-state index contributed by atoms with van der Waals surface area (Å²) < 4.78 is 0. The Balaban J connectivity index is 2.70.